The molecule has 17 heavy (non-hydrogen) atoms. The first-order valence-corrected chi connectivity index (χ1v) is 5.73. The van der Waals surface area contributed by atoms with Crippen molar-refractivity contribution in [1.29, 1.82) is 0 Å². The van der Waals surface area contributed by atoms with Gasteiger partial charge < -0.3 is 21.1 Å². The fourth-order valence-electron chi connectivity index (χ4n) is 1.03. The van der Waals surface area contributed by atoms with Crippen molar-refractivity contribution >= 4 is 33.6 Å². The van der Waals surface area contributed by atoms with E-state index >= 15 is 0 Å². The number of hydrogen-bond donors (Lipinski definition) is 3. The van der Waals surface area contributed by atoms with Gasteiger partial charge in [0.05, 0.1) is 11.1 Å². The summed E-state index contributed by atoms with van der Waals surface area (Å²) in [5, 5.41) is 5.88. The number of nitrogens with one attached hydrogen (secondary N) is 2. The first kappa shape index (κ1) is 13.7. The Hall–Kier alpha value is -1.41. The van der Waals surface area contributed by atoms with Crippen molar-refractivity contribution in [2.75, 3.05) is 37.4 Å². The van der Waals surface area contributed by atoms with Crippen molar-refractivity contribution in [3.63, 3.8) is 0 Å². The zero-order chi connectivity index (χ0) is 12.7. The highest BCUT2D eigenvalue weighted by molar-refractivity contribution is 9.10. The van der Waals surface area contributed by atoms with Gasteiger partial charge in [0.15, 0.2) is 0 Å². The Labute approximate surface area is 107 Å². The molecule has 4 N–H and O–H groups in total. The first-order valence-electron chi connectivity index (χ1n) is 4.93. The average molecular weight is 304 g/mol. The molecule has 8 heteroatoms. The molecule has 94 valence electrons. The number of primary amides is 1. The molecule has 1 aromatic rings. The Balaban J connectivity index is 2.38. The van der Waals surface area contributed by atoms with Crippen LogP contribution in [0.25, 0.3) is 0 Å². The van der Waals surface area contributed by atoms with E-state index in [4.69, 9.17) is 10.5 Å². The molecule has 0 saturated carbocycles. The van der Waals surface area contributed by atoms with E-state index < -0.39 is 5.91 Å². The molecule has 0 atom stereocenters. The van der Waals surface area contributed by atoms with Gasteiger partial charge in [-0.3, -0.25) is 4.79 Å². The lowest BCUT2D eigenvalue weighted by molar-refractivity contribution is -0.122. The maximum Gasteiger partial charge on any atom is 0.243 e. The van der Waals surface area contributed by atoms with E-state index in [1.165, 1.54) is 0 Å². The molecule has 0 spiro atoms. The van der Waals surface area contributed by atoms with Crippen molar-refractivity contribution in [1.82, 2.24) is 9.97 Å². The molecule has 0 saturated heterocycles. The van der Waals surface area contributed by atoms with Crippen molar-refractivity contribution in [2.45, 2.75) is 0 Å². The highest BCUT2D eigenvalue weighted by atomic mass is 79.9. The lowest BCUT2D eigenvalue weighted by Gasteiger charge is -2.08. The molecule has 0 fully saturated rings. The molecule has 0 aliphatic carbocycles. The molecule has 7 nitrogen and oxygen atoms in total. The summed E-state index contributed by atoms with van der Waals surface area (Å²) in [5.74, 6) is 0.700. The van der Waals surface area contributed by atoms with Crippen LogP contribution in [0.15, 0.2) is 10.7 Å². The van der Waals surface area contributed by atoms with Gasteiger partial charge >= 0.3 is 0 Å². The van der Waals surface area contributed by atoms with Gasteiger partial charge in [-0.05, 0) is 15.9 Å². The molecule has 0 radical (unpaired) electrons. The van der Waals surface area contributed by atoms with E-state index in [9.17, 15) is 4.79 Å². The van der Waals surface area contributed by atoms with Crippen molar-refractivity contribution in [3.05, 3.63) is 10.7 Å². The minimum absolute atomic E-state index is 0.0750. The summed E-state index contributed by atoms with van der Waals surface area (Å²) in [6.45, 7) is 0.814. The van der Waals surface area contributed by atoms with Crippen LogP contribution in [0.3, 0.4) is 0 Å². The van der Waals surface area contributed by atoms with Gasteiger partial charge in [-0.25, -0.2) is 4.98 Å². The third kappa shape index (κ3) is 4.96. The Kier molecular flexibility index (Phi) is 5.64. The van der Waals surface area contributed by atoms with Gasteiger partial charge in [-0.1, -0.05) is 0 Å². The highest BCUT2D eigenvalue weighted by Crippen LogP contribution is 2.19. The summed E-state index contributed by atoms with van der Waals surface area (Å²) >= 11 is 3.32. The lowest BCUT2D eigenvalue weighted by atomic mass is 10.5. The summed E-state index contributed by atoms with van der Waals surface area (Å²) < 4.78 is 5.76. The normalized spacial score (nSPS) is 10.0. The molecule has 0 bridgehead atoms. The summed E-state index contributed by atoms with van der Waals surface area (Å²) in [6.07, 6.45) is 1.64. The van der Waals surface area contributed by atoms with E-state index in [1.807, 2.05) is 0 Å². The Morgan fingerprint density at radius 3 is 3.06 bits per heavy atom. The van der Waals surface area contributed by atoms with Gasteiger partial charge in [-0.15, -0.1) is 0 Å². The van der Waals surface area contributed by atoms with Crippen LogP contribution in [0.5, 0.6) is 0 Å². The lowest BCUT2D eigenvalue weighted by Crippen LogP contribution is -2.20. The Bertz CT molecular complexity index is 388. The minimum atomic E-state index is -0.481. The van der Waals surface area contributed by atoms with E-state index in [2.05, 4.69) is 36.5 Å². The van der Waals surface area contributed by atoms with Crippen molar-refractivity contribution < 1.29 is 9.53 Å². The molecule has 0 aliphatic rings. The van der Waals surface area contributed by atoms with E-state index in [-0.39, 0.29) is 6.61 Å². The zero-order valence-electron chi connectivity index (χ0n) is 9.36. The predicted octanol–water partition coefficient (Wildman–Crippen LogP) is 0.195. The molecule has 1 rings (SSSR count). The van der Waals surface area contributed by atoms with Crippen molar-refractivity contribution in [2.24, 2.45) is 5.73 Å². The predicted molar refractivity (Wildman–Crippen MR) is 67.8 cm³/mol. The minimum Gasteiger partial charge on any atom is -0.370 e. The second-order valence-electron chi connectivity index (χ2n) is 3.09. The van der Waals surface area contributed by atoms with Gasteiger partial charge in [0.2, 0.25) is 11.9 Å². The fraction of sp³-hybridized carbons (Fsp3) is 0.444. The van der Waals surface area contributed by atoms with Crippen LogP contribution >= 0.6 is 15.9 Å². The fourth-order valence-corrected chi connectivity index (χ4v) is 1.36. The number of carbonyl (C=O) groups is 1. The number of ether oxygens (including phenoxy) is 1. The topological polar surface area (TPSA) is 102 Å². The monoisotopic (exact) mass is 303 g/mol. The average Bonchev–Trinajstić information content (AvgIpc) is 2.30. The van der Waals surface area contributed by atoms with Crippen LogP contribution in [-0.4, -0.2) is 42.7 Å². The van der Waals surface area contributed by atoms with Gasteiger partial charge in [-0.2, -0.15) is 4.98 Å². The van der Waals surface area contributed by atoms with Crippen LogP contribution in [0.1, 0.15) is 0 Å². The zero-order valence-corrected chi connectivity index (χ0v) is 11.0. The largest absolute Gasteiger partial charge is 0.370 e. The van der Waals surface area contributed by atoms with Crippen LogP contribution in [-0.2, 0) is 9.53 Å². The molecule has 1 heterocycles. The highest BCUT2D eigenvalue weighted by Gasteiger charge is 2.03. The SMILES string of the molecule is CNc1ncc(Br)c(NCCOCC(N)=O)n1. The molecule has 1 amide bonds. The molecular weight excluding hydrogens is 290 g/mol. The maximum absolute atomic E-state index is 10.4. The Morgan fingerprint density at radius 1 is 1.65 bits per heavy atom. The number of hydrogen-bond acceptors (Lipinski definition) is 6. The first-order chi connectivity index (χ1) is 8.13. The third-order valence-electron chi connectivity index (χ3n) is 1.75. The van der Waals surface area contributed by atoms with Gasteiger partial charge in [0.1, 0.15) is 12.4 Å². The molecule has 1 aromatic heterocycles. The molecular formula is C9H14BrN5O2. The number of aromatic nitrogens is 2. The standard InChI is InChI=1S/C9H14BrN5O2/c1-12-9-14-4-6(10)8(15-9)13-2-3-17-5-7(11)16/h4H,2-3,5H2,1H3,(H2,11,16)(H2,12,13,14,15). The number of nitrogens with zero attached hydrogens (tertiary/aromatic N) is 2. The third-order valence-corrected chi connectivity index (χ3v) is 2.33. The molecule has 0 unspecified atom stereocenters. The van der Waals surface area contributed by atoms with Crippen LogP contribution in [0.2, 0.25) is 0 Å². The van der Waals surface area contributed by atoms with Crippen molar-refractivity contribution in [3.8, 4) is 0 Å². The number of amides is 1. The molecule has 0 aliphatic heterocycles. The summed E-state index contributed by atoms with van der Waals surface area (Å²) in [5.41, 5.74) is 4.93. The second-order valence-corrected chi connectivity index (χ2v) is 3.94. The summed E-state index contributed by atoms with van der Waals surface area (Å²) in [6, 6.07) is 0. The van der Waals surface area contributed by atoms with E-state index in [0.717, 1.165) is 4.47 Å². The number of rotatable bonds is 7. The van der Waals surface area contributed by atoms with Crippen LogP contribution in [0.4, 0.5) is 11.8 Å². The smallest absolute Gasteiger partial charge is 0.243 e. The number of nitrogens with two attached hydrogens (primary N) is 1. The maximum atomic E-state index is 10.4. The molecule has 0 aromatic carbocycles. The number of anilines is 2. The summed E-state index contributed by atoms with van der Waals surface area (Å²) in [7, 11) is 1.74. The van der Waals surface area contributed by atoms with Crippen LogP contribution in [0, 0.1) is 0 Å². The Morgan fingerprint density at radius 2 is 2.41 bits per heavy atom. The van der Waals surface area contributed by atoms with E-state index in [1.54, 1.807) is 13.2 Å². The van der Waals surface area contributed by atoms with Gasteiger partial charge in [0.25, 0.3) is 0 Å². The van der Waals surface area contributed by atoms with Crippen LogP contribution < -0.4 is 16.4 Å². The second kappa shape index (κ2) is 7.02. The summed E-state index contributed by atoms with van der Waals surface area (Å²) in [4.78, 5) is 18.6. The quantitative estimate of drug-likeness (QED) is 0.622. The number of halogens is 1. The number of carbonyl (C=O) groups excluding carboxylic acids is 1. The van der Waals surface area contributed by atoms with E-state index in [0.29, 0.717) is 24.9 Å². The van der Waals surface area contributed by atoms with Gasteiger partial charge in [0, 0.05) is 19.8 Å².